The third-order valence-electron chi connectivity index (χ3n) is 6.42. The standard InChI is InChI=1S/C27H35N3O2/c1-31-24-13-14-26(27(22-24)32-2)30-20-18-28(19-21-30)15-8-9-17-29-16-7-6-12-25(29)23-10-4-3-5-11-23/h3-7,10-14,16,22,25H,8-9,15,17-21H2,1-2H3. The Morgan fingerprint density at radius 1 is 0.844 bits per heavy atom. The quantitative estimate of drug-likeness (QED) is 0.533. The molecule has 2 aromatic rings. The first-order valence-electron chi connectivity index (χ1n) is 11.6. The maximum Gasteiger partial charge on any atom is 0.145 e. The highest BCUT2D eigenvalue weighted by molar-refractivity contribution is 5.61. The molecule has 1 saturated heterocycles. The second-order valence-corrected chi connectivity index (χ2v) is 8.39. The summed E-state index contributed by atoms with van der Waals surface area (Å²) >= 11 is 0. The number of ether oxygens (including phenoxy) is 2. The van der Waals surface area contributed by atoms with Crippen LogP contribution < -0.4 is 14.4 Å². The number of benzene rings is 2. The minimum atomic E-state index is 0.351. The number of hydrogen-bond donors (Lipinski definition) is 0. The Morgan fingerprint density at radius 2 is 1.62 bits per heavy atom. The van der Waals surface area contributed by atoms with Crippen LogP contribution in [0.5, 0.6) is 11.5 Å². The summed E-state index contributed by atoms with van der Waals surface area (Å²) in [4.78, 5) is 7.47. The van der Waals surface area contributed by atoms with Crippen molar-refractivity contribution in [3.63, 3.8) is 0 Å². The van der Waals surface area contributed by atoms with Crippen LogP contribution in [0.4, 0.5) is 5.69 Å². The Balaban J connectivity index is 1.21. The monoisotopic (exact) mass is 433 g/mol. The zero-order valence-electron chi connectivity index (χ0n) is 19.3. The number of hydrogen-bond acceptors (Lipinski definition) is 5. The van der Waals surface area contributed by atoms with Gasteiger partial charge in [-0.05, 0) is 49.4 Å². The number of rotatable bonds is 9. The van der Waals surface area contributed by atoms with Gasteiger partial charge in [-0.15, -0.1) is 0 Å². The van der Waals surface area contributed by atoms with Crippen LogP contribution >= 0.6 is 0 Å². The van der Waals surface area contributed by atoms with Gasteiger partial charge >= 0.3 is 0 Å². The number of piperazine rings is 1. The maximum atomic E-state index is 5.60. The molecule has 2 aliphatic rings. The van der Waals surface area contributed by atoms with Gasteiger partial charge in [-0.1, -0.05) is 42.5 Å². The van der Waals surface area contributed by atoms with Gasteiger partial charge in [-0.25, -0.2) is 0 Å². The summed E-state index contributed by atoms with van der Waals surface area (Å²) in [5.74, 6) is 1.71. The Kier molecular flexibility index (Phi) is 7.73. The van der Waals surface area contributed by atoms with Crippen LogP contribution in [0.3, 0.4) is 0 Å². The third kappa shape index (κ3) is 5.46. The zero-order chi connectivity index (χ0) is 22.2. The van der Waals surface area contributed by atoms with Crippen LogP contribution in [0.1, 0.15) is 24.4 Å². The highest BCUT2D eigenvalue weighted by atomic mass is 16.5. The van der Waals surface area contributed by atoms with E-state index in [-0.39, 0.29) is 0 Å². The van der Waals surface area contributed by atoms with Gasteiger partial charge in [-0.3, -0.25) is 4.90 Å². The third-order valence-corrected chi connectivity index (χ3v) is 6.42. The van der Waals surface area contributed by atoms with E-state index < -0.39 is 0 Å². The van der Waals surface area contributed by atoms with Gasteiger partial charge in [0.05, 0.1) is 25.9 Å². The average Bonchev–Trinajstić information content (AvgIpc) is 2.87. The molecule has 0 bridgehead atoms. The number of methoxy groups -OCH3 is 2. The summed E-state index contributed by atoms with van der Waals surface area (Å²) < 4.78 is 10.9. The molecule has 0 aliphatic carbocycles. The molecule has 0 saturated carbocycles. The fourth-order valence-corrected chi connectivity index (χ4v) is 4.59. The first kappa shape index (κ1) is 22.3. The van der Waals surface area contributed by atoms with E-state index in [1.807, 2.05) is 12.1 Å². The van der Waals surface area contributed by atoms with Gasteiger partial charge in [0.25, 0.3) is 0 Å². The fourth-order valence-electron chi connectivity index (χ4n) is 4.59. The van der Waals surface area contributed by atoms with Gasteiger partial charge in [0.2, 0.25) is 0 Å². The Hall–Kier alpha value is -2.92. The molecule has 170 valence electrons. The second-order valence-electron chi connectivity index (χ2n) is 8.39. The van der Waals surface area contributed by atoms with Crippen molar-refractivity contribution in [3.8, 4) is 11.5 Å². The summed E-state index contributed by atoms with van der Waals surface area (Å²) in [6.07, 6.45) is 11.3. The van der Waals surface area contributed by atoms with Crippen molar-refractivity contribution in [3.05, 3.63) is 78.5 Å². The van der Waals surface area contributed by atoms with Crippen molar-refractivity contribution >= 4 is 5.69 Å². The molecule has 2 aromatic carbocycles. The summed E-state index contributed by atoms with van der Waals surface area (Å²) in [6, 6.07) is 17.2. The van der Waals surface area contributed by atoms with E-state index in [9.17, 15) is 0 Å². The molecule has 1 fully saturated rings. The number of nitrogens with zero attached hydrogens (tertiary/aromatic N) is 3. The molecular weight excluding hydrogens is 398 g/mol. The van der Waals surface area contributed by atoms with Gasteiger partial charge < -0.3 is 19.3 Å². The fraction of sp³-hybridized carbons (Fsp3) is 0.407. The van der Waals surface area contributed by atoms with Crippen molar-refractivity contribution in [1.82, 2.24) is 9.80 Å². The SMILES string of the molecule is COc1ccc(N2CCN(CCCCN3C=CC=CC3c3ccccc3)CC2)c(OC)c1. The predicted octanol–water partition coefficient (Wildman–Crippen LogP) is 4.73. The molecule has 0 aromatic heterocycles. The van der Waals surface area contributed by atoms with E-state index in [1.165, 1.54) is 18.4 Å². The van der Waals surface area contributed by atoms with E-state index in [2.05, 4.69) is 75.5 Å². The second kappa shape index (κ2) is 11.1. The first-order chi connectivity index (χ1) is 15.8. The first-order valence-corrected chi connectivity index (χ1v) is 11.6. The molecule has 2 heterocycles. The lowest BCUT2D eigenvalue weighted by atomic mass is 10.0. The van der Waals surface area contributed by atoms with Crippen molar-refractivity contribution < 1.29 is 9.47 Å². The molecule has 1 atom stereocenters. The molecule has 2 aliphatic heterocycles. The Bertz CT molecular complexity index is 904. The van der Waals surface area contributed by atoms with E-state index in [0.717, 1.165) is 56.5 Å². The van der Waals surface area contributed by atoms with Crippen LogP contribution in [0.2, 0.25) is 0 Å². The van der Waals surface area contributed by atoms with Crippen molar-refractivity contribution in [2.75, 3.05) is 58.4 Å². The smallest absolute Gasteiger partial charge is 0.145 e. The summed E-state index contributed by atoms with van der Waals surface area (Å²) in [5.41, 5.74) is 2.52. The van der Waals surface area contributed by atoms with E-state index in [0.29, 0.717) is 6.04 Å². The molecule has 1 unspecified atom stereocenters. The van der Waals surface area contributed by atoms with Crippen molar-refractivity contribution in [2.45, 2.75) is 18.9 Å². The molecule has 0 spiro atoms. The van der Waals surface area contributed by atoms with E-state index >= 15 is 0 Å². The van der Waals surface area contributed by atoms with Crippen LogP contribution in [0, 0.1) is 0 Å². The average molecular weight is 434 g/mol. The lowest BCUT2D eigenvalue weighted by Gasteiger charge is -2.37. The highest BCUT2D eigenvalue weighted by Crippen LogP contribution is 2.32. The predicted molar refractivity (Wildman–Crippen MR) is 132 cm³/mol. The number of unbranched alkanes of at least 4 members (excludes halogenated alkanes) is 1. The number of allylic oxidation sites excluding steroid dienone is 2. The maximum absolute atomic E-state index is 5.60. The molecule has 0 radical (unpaired) electrons. The zero-order valence-corrected chi connectivity index (χ0v) is 19.3. The van der Waals surface area contributed by atoms with Crippen LogP contribution in [-0.4, -0.2) is 63.3 Å². The van der Waals surface area contributed by atoms with E-state index in [1.54, 1.807) is 14.2 Å². The minimum absolute atomic E-state index is 0.351. The number of anilines is 1. The topological polar surface area (TPSA) is 28.2 Å². The normalized spacial score (nSPS) is 18.8. The summed E-state index contributed by atoms with van der Waals surface area (Å²) in [7, 11) is 3.41. The Morgan fingerprint density at radius 3 is 2.38 bits per heavy atom. The van der Waals surface area contributed by atoms with Gasteiger partial charge in [0.15, 0.2) is 0 Å². The lowest BCUT2D eigenvalue weighted by Crippen LogP contribution is -2.46. The largest absolute Gasteiger partial charge is 0.497 e. The summed E-state index contributed by atoms with van der Waals surface area (Å²) in [6.45, 7) is 6.49. The molecule has 0 N–H and O–H groups in total. The molecule has 5 heteroatoms. The molecule has 0 amide bonds. The minimum Gasteiger partial charge on any atom is -0.497 e. The van der Waals surface area contributed by atoms with Gasteiger partial charge in [0, 0.05) is 38.8 Å². The van der Waals surface area contributed by atoms with E-state index in [4.69, 9.17) is 9.47 Å². The van der Waals surface area contributed by atoms with Crippen LogP contribution in [-0.2, 0) is 0 Å². The van der Waals surface area contributed by atoms with Crippen molar-refractivity contribution in [1.29, 1.82) is 0 Å². The highest BCUT2D eigenvalue weighted by Gasteiger charge is 2.20. The lowest BCUT2D eigenvalue weighted by molar-refractivity contribution is 0.242. The summed E-state index contributed by atoms with van der Waals surface area (Å²) in [5, 5.41) is 0. The van der Waals surface area contributed by atoms with Crippen LogP contribution in [0.25, 0.3) is 0 Å². The molecular formula is C27H35N3O2. The van der Waals surface area contributed by atoms with Gasteiger partial charge in [0.1, 0.15) is 11.5 Å². The molecule has 32 heavy (non-hydrogen) atoms. The molecule has 5 nitrogen and oxygen atoms in total. The molecule has 4 rings (SSSR count). The van der Waals surface area contributed by atoms with Crippen LogP contribution in [0.15, 0.2) is 73.0 Å². The van der Waals surface area contributed by atoms with Crippen molar-refractivity contribution in [2.24, 2.45) is 0 Å². The Labute approximate surface area is 192 Å². The van der Waals surface area contributed by atoms with Gasteiger partial charge in [-0.2, -0.15) is 0 Å².